The fourth-order valence-corrected chi connectivity index (χ4v) is 4.13. The van der Waals surface area contributed by atoms with Gasteiger partial charge in [0.1, 0.15) is 5.56 Å². The van der Waals surface area contributed by atoms with Gasteiger partial charge in [-0.25, -0.2) is 13.2 Å². The van der Waals surface area contributed by atoms with Crippen LogP contribution in [0.2, 0.25) is 0 Å². The maximum absolute atomic E-state index is 12.4. The Morgan fingerprint density at radius 3 is 2.70 bits per heavy atom. The van der Waals surface area contributed by atoms with Gasteiger partial charge in [0.15, 0.2) is 5.03 Å². The topological polar surface area (TPSA) is 103 Å². The molecule has 0 unspecified atom stereocenters. The minimum Gasteiger partial charge on any atom is -0.478 e. The fourth-order valence-electron chi connectivity index (χ4n) is 2.60. The lowest BCUT2D eigenvalue weighted by Crippen LogP contribution is -2.39. The van der Waals surface area contributed by atoms with Crippen LogP contribution < -0.4 is 0 Å². The number of hydrogen-bond acceptors (Lipinski definition) is 4. The Kier molecular flexibility index (Phi) is 4.44. The first kappa shape index (κ1) is 15.0. The zero-order chi connectivity index (χ0) is 14.8. The number of aromatic nitrogens is 2. The first-order valence-electron chi connectivity index (χ1n) is 6.73. The van der Waals surface area contributed by atoms with Crippen LogP contribution in [0.4, 0.5) is 0 Å². The Balaban J connectivity index is 2.16. The van der Waals surface area contributed by atoms with Gasteiger partial charge in [0.2, 0.25) is 0 Å². The number of rotatable bonds is 5. The number of carboxylic acid groups (broad SMARTS) is 1. The Labute approximate surface area is 118 Å². The monoisotopic (exact) mass is 301 g/mol. The normalized spacial score (nSPS) is 18.2. The van der Waals surface area contributed by atoms with Crippen molar-refractivity contribution < 1.29 is 18.3 Å². The predicted octanol–water partition coefficient (Wildman–Crippen LogP) is 1.31. The second-order valence-corrected chi connectivity index (χ2v) is 6.93. The van der Waals surface area contributed by atoms with Gasteiger partial charge >= 0.3 is 5.97 Å². The number of carboxylic acids is 1. The van der Waals surface area contributed by atoms with Gasteiger partial charge < -0.3 is 5.11 Å². The number of aromatic amines is 1. The summed E-state index contributed by atoms with van der Waals surface area (Å²) in [7, 11) is -3.80. The molecule has 2 rings (SSSR count). The van der Waals surface area contributed by atoms with E-state index in [0.29, 0.717) is 19.0 Å². The molecule has 1 fully saturated rings. The van der Waals surface area contributed by atoms with Gasteiger partial charge in [-0.1, -0.05) is 19.8 Å². The van der Waals surface area contributed by atoms with Crippen molar-refractivity contribution in [1.29, 1.82) is 0 Å². The Bertz CT molecular complexity index is 573. The average molecular weight is 301 g/mol. The molecular formula is C12H19N3O4S. The number of piperidine rings is 1. The summed E-state index contributed by atoms with van der Waals surface area (Å²) in [5, 5.41) is 14.5. The van der Waals surface area contributed by atoms with Crippen molar-refractivity contribution in [1.82, 2.24) is 14.5 Å². The van der Waals surface area contributed by atoms with Crippen LogP contribution in [0, 0.1) is 5.92 Å². The molecule has 1 aromatic rings. The third kappa shape index (κ3) is 2.85. The van der Waals surface area contributed by atoms with Crippen molar-refractivity contribution in [2.24, 2.45) is 5.92 Å². The van der Waals surface area contributed by atoms with Crippen molar-refractivity contribution in [2.45, 2.75) is 37.6 Å². The van der Waals surface area contributed by atoms with E-state index in [9.17, 15) is 13.2 Å². The minimum absolute atomic E-state index is 0.305. The summed E-state index contributed by atoms with van der Waals surface area (Å²) in [5.41, 5.74) is -0.305. The van der Waals surface area contributed by atoms with Gasteiger partial charge in [0.05, 0.1) is 6.20 Å². The molecule has 1 aliphatic heterocycles. The van der Waals surface area contributed by atoms with E-state index in [1.165, 1.54) is 4.31 Å². The molecule has 2 N–H and O–H groups in total. The first-order valence-corrected chi connectivity index (χ1v) is 8.17. The van der Waals surface area contributed by atoms with E-state index in [1.807, 2.05) is 0 Å². The SMILES string of the molecule is CCCC1CCN(S(=O)(=O)c2[nH]ncc2C(=O)O)CC1. The lowest BCUT2D eigenvalue weighted by molar-refractivity contribution is 0.0692. The number of hydrogen-bond donors (Lipinski definition) is 2. The average Bonchev–Trinajstić information content (AvgIpc) is 2.90. The molecule has 2 heterocycles. The van der Waals surface area contributed by atoms with Crippen LogP contribution in [0.1, 0.15) is 43.0 Å². The van der Waals surface area contributed by atoms with Crippen molar-refractivity contribution in [3.63, 3.8) is 0 Å². The fraction of sp³-hybridized carbons (Fsp3) is 0.667. The van der Waals surface area contributed by atoms with E-state index in [2.05, 4.69) is 17.1 Å². The van der Waals surface area contributed by atoms with Gasteiger partial charge in [0.25, 0.3) is 10.0 Å². The summed E-state index contributed by atoms with van der Waals surface area (Å²) in [6, 6.07) is 0. The highest BCUT2D eigenvalue weighted by Gasteiger charge is 2.33. The summed E-state index contributed by atoms with van der Waals surface area (Å²) < 4.78 is 26.2. The zero-order valence-corrected chi connectivity index (χ0v) is 12.2. The number of carbonyl (C=O) groups is 1. The largest absolute Gasteiger partial charge is 0.478 e. The van der Waals surface area contributed by atoms with Gasteiger partial charge in [0, 0.05) is 13.1 Å². The molecule has 0 radical (unpaired) electrons. The lowest BCUT2D eigenvalue weighted by Gasteiger charge is -2.30. The quantitative estimate of drug-likeness (QED) is 0.853. The molecule has 0 saturated carbocycles. The van der Waals surface area contributed by atoms with Crippen LogP contribution in [0.5, 0.6) is 0 Å². The highest BCUT2D eigenvalue weighted by atomic mass is 32.2. The molecule has 20 heavy (non-hydrogen) atoms. The first-order chi connectivity index (χ1) is 9.46. The molecule has 1 aromatic heterocycles. The van der Waals surface area contributed by atoms with Crippen LogP contribution in [0.3, 0.4) is 0 Å². The van der Waals surface area contributed by atoms with Crippen LogP contribution in [0.25, 0.3) is 0 Å². The number of H-pyrrole nitrogens is 1. The Morgan fingerprint density at radius 1 is 1.50 bits per heavy atom. The predicted molar refractivity (Wildman–Crippen MR) is 71.9 cm³/mol. The summed E-state index contributed by atoms with van der Waals surface area (Å²) >= 11 is 0. The van der Waals surface area contributed by atoms with E-state index in [4.69, 9.17) is 5.11 Å². The number of nitrogens with one attached hydrogen (secondary N) is 1. The van der Waals surface area contributed by atoms with E-state index >= 15 is 0 Å². The molecule has 0 atom stereocenters. The smallest absolute Gasteiger partial charge is 0.340 e. The van der Waals surface area contributed by atoms with Crippen LogP contribution >= 0.6 is 0 Å². The van der Waals surface area contributed by atoms with Crippen LogP contribution in [0.15, 0.2) is 11.2 Å². The van der Waals surface area contributed by atoms with Crippen molar-refractivity contribution >= 4 is 16.0 Å². The van der Waals surface area contributed by atoms with E-state index in [-0.39, 0.29) is 10.6 Å². The van der Waals surface area contributed by atoms with Gasteiger partial charge in [-0.3, -0.25) is 5.10 Å². The number of aromatic carboxylic acids is 1. The molecule has 112 valence electrons. The minimum atomic E-state index is -3.80. The van der Waals surface area contributed by atoms with Crippen LogP contribution in [-0.4, -0.2) is 47.1 Å². The van der Waals surface area contributed by atoms with E-state index < -0.39 is 16.0 Å². The molecule has 7 nitrogen and oxygen atoms in total. The maximum atomic E-state index is 12.4. The van der Waals surface area contributed by atoms with Gasteiger partial charge in [-0.15, -0.1) is 0 Å². The summed E-state index contributed by atoms with van der Waals surface area (Å²) in [5.74, 6) is -0.731. The Morgan fingerprint density at radius 2 is 2.15 bits per heavy atom. The van der Waals surface area contributed by atoms with Crippen molar-refractivity contribution in [3.8, 4) is 0 Å². The van der Waals surface area contributed by atoms with E-state index in [0.717, 1.165) is 31.9 Å². The number of sulfonamides is 1. The van der Waals surface area contributed by atoms with Gasteiger partial charge in [-0.05, 0) is 18.8 Å². The maximum Gasteiger partial charge on any atom is 0.340 e. The molecule has 1 saturated heterocycles. The third-order valence-electron chi connectivity index (χ3n) is 3.70. The molecular weight excluding hydrogens is 282 g/mol. The molecule has 0 aromatic carbocycles. The third-order valence-corrected chi connectivity index (χ3v) is 5.58. The van der Waals surface area contributed by atoms with Crippen molar-refractivity contribution in [2.75, 3.05) is 13.1 Å². The van der Waals surface area contributed by atoms with Crippen LogP contribution in [-0.2, 0) is 10.0 Å². The molecule has 1 aliphatic rings. The van der Waals surface area contributed by atoms with Gasteiger partial charge in [-0.2, -0.15) is 9.40 Å². The molecule has 0 aliphatic carbocycles. The van der Waals surface area contributed by atoms with E-state index in [1.54, 1.807) is 0 Å². The summed E-state index contributed by atoms with van der Waals surface area (Å²) in [6.07, 6.45) is 4.88. The molecule has 0 amide bonds. The second-order valence-electron chi connectivity index (χ2n) is 5.05. The highest BCUT2D eigenvalue weighted by molar-refractivity contribution is 7.89. The standard InChI is InChI=1S/C12H19N3O4S/c1-2-3-9-4-6-15(7-5-9)20(18,19)11-10(12(16)17)8-13-14-11/h8-9H,2-7H2,1H3,(H,13,14)(H,16,17). The highest BCUT2D eigenvalue weighted by Crippen LogP contribution is 2.26. The molecule has 8 heteroatoms. The molecule has 0 bridgehead atoms. The summed E-state index contributed by atoms with van der Waals surface area (Å²) in [6.45, 7) is 2.99. The second kappa shape index (κ2) is 5.92. The Hall–Kier alpha value is -1.41. The number of nitrogens with zero attached hydrogens (tertiary/aromatic N) is 2. The van der Waals surface area contributed by atoms with Crippen molar-refractivity contribution in [3.05, 3.63) is 11.8 Å². The summed E-state index contributed by atoms with van der Waals surface area (Å²) in [4.78, 5) is 11.0. The zero-order valence-electron chi connectivity index (χ0n) is 11.4. The molecule has 0 spiro atoms. The lowest BCUT2D eigenvalue weighted by atomic mass is 9.94.